The number of aryl methyl sites for hydroxylation is 1. The first-order chi connectivity index (χ1) is 8.49. The number of nitrogens with zero attached hydrogens (tertiary/aromatic N) is 2. The Labute approximate surface area is 114 Å². The van der Waals surface area contributed by atoms with Crippen molar-refractivity contribution in [2.24, 2.45) is 0 Å². The van der Waals surface area contributed by atoms with Gasteiger partial charge < -0.3 is 4.98 Å². The van der Waals surface area contributed by atoms with Crippen molar-refractivity contribution in [1.82, 2.24) is 15.0 Å². The predicted molar refractivity (Wildman–Crippen MR) is 74.6 cm³/mol. The van der Waals surface area contributed by atoms with E-state index in [9.17, 15) is 4.79 Å². The van der Waals surface area contributed by atoms with Gasteiger partial charge in [0.2, 0.25) is 0 Å². The zero-order valence-corrected chi connectivity index (χ0v) is 12.1. The molecule has 0 atom stereocenters. The highest BCUT2D eigenvalue weighted by Crippen LogP contribution is 2.17. The normalized spacial score (nSPS) is 10.9. The number of aromatic amines is 1. The molecule has 2 rings (SSSR count). The average Bonchev–Trinajstić information content (AvgIpc) is 2.28. The van der Waals surface area contributed by atoms with E-state index >= 15 is 0 Å². The van der Waals surface area contributed by atoms with Crippen molar-refractivity contribution in [3.05, 3.63) is 44.4 Å². The number of halogens is 1. The molecular weight excluding hydrogens is 294 g/mol. The highest BCUT2D eigenvalue weighted by molar-refractivity contribution is 9.10. The minimum Gasteiger partial charge on any atom is -0.305 e. The van der Waals surface area contributed by atoms with E-state index in [0.29, 0.717) is 11.5 Å². The van der Waals surface area contributed by atoms with Crippen molar-refractivity contribution in [3.8, 4) is 11.5 Å². The smallest absolute Gasteiger partial charge is 0.254 e. The van der Waals surface area contributed by atoms with Crippen LogP contribution in [-0.4, -0.2) is 15.0 Å². The quantitative estimate of drug-likeness (QED) is 0.927. The fourth-order valence-corrected chi connectivity index (χ4v) is 2.15. The van der Waals surface area contributed by atoms with E-state index in [4.69, 9.17) is 0 Å². The molecule has 5 heteroatoms. The van der Waals surface area contributed by atoms with E-state index in [1.807, 2.05) is 32.9 Å². The van der Waals surface area contributed by atoms with Gasteiger partial charge in [-0.15, -0.1) is 0 Å². The molecule has 94 valence electrons. The monoisotopic (exact) mass is 307 g/mol. The van der Waals surface area contributed by atoms with Crippen molar-refractivity contribution in [3.63, 3.8) is 0 Å². The van der Waals surface area contributed by atoms with Gasteiger partial charge in [0.15, 0.2) is 5.82 Å². The van der Waals surface area contributed by atoms with Gasteiger partial charge in [0.05, 0.1) is 0 Å². The van der Waals surface area contributed by atoms with Crippen molar-refractivity contribution in [2.45, 2.75) is 26.7 Å². The van der Waals surface area contributed by atoms with Crippen LogP contribution >= 0.6 is 15.9 Å². The Morgan fingerprint density at radius 2 is 2.06 bits per heavy atom. The van der Waals surface area contributed by atoms with Gasteiger partial charge in [0, 0.05) is 21.9 Å². The number of hydrogen-bond donors (Lipinski definition) is 1. The summed E-state index contributed by atoms with van der Waals surface area (Å²) in [7, 11) is 0. The van der Waals surface area contributed by atoms with E-state index in [1.165, 1.54) is 0 Å². The van der Waals surface area contributed by atoms with Crippen LogP contribution in [0.25, 0.3) is 11.5 Å². The third-order valence-corrected chi connectivity index (χ3v) is 3.16. The maximum atomic E-state index is 12.0. The molecule has 4 nitrogen and oxygen atoms in total. The third kappa shape index (κ3) is 2.51. The van der Waals surface area contributed by atoms with Crippen LogP contribution in [0.5, 0.6) is 0 Å². The van der Waals surface area contributed by atoms with Gasteiger partial charge in [-0.25, -0.2) is 4.98 Å². The van der Waals surface area contributed by atoms with Crippen molar-refractivity contribution >= 4 is 15.9 Å². The largest absolute Gasteiger partial charge is 0.305 e. The second kappa shape index (κ2) is 5.02. The highest BCUT2D eigenvalue weighted by atomic mass is 79.9. The lowest BCUT2D eigenvalue weighted by molar-refractivity contribution is 0.814. The van der Waals surface area contributed by atoms with Crippen LogP contribution in [0, 0.1) is 6.92 Å². The van der Waals surface area contributed by atoms with Gasteiger partial charge >= 0.3 is 0 Å². The van der Waals surface area contributed by atoms with E-state index in [2.05, 4.69) is 30.9 Å². The zero-order chi connectivity index (χ0) is 13.3. The van der Waals surface area contributed by atoms with Crippen molar-refractivity contribution in [1.29, 1.82) is 0 Å². The van der Waals surface area contributed by atoms with Crippen LogP contribution in [0.15, 0.2) is 27.6 Å². The molecule has 0 fully saturated rings. The molecule has 2 aromatic rings. The molecule has 2 heterocycles. The number of hydrogen-bond acceptors (Lipinski definition) is 3. The van der Waals surface area contributed by atoms with Gasteiger partial charge in [-0.05, 0) is 40.9 Å². The molecule has 0 aliphatic rings. The maximum Gasteiger partial charge on any atom is 0.254 e. The van der Waals surface area contributed by atoms with Crippen molar-refractivity contribution < 1.29 is 0 Å². The van der Waals surface area contributed by atoms with Crippen LogP contribution < -0.4 is 5.56 Å². The van der Waals surface area contributed by atoms with Gasteiger partial charge in [0.25, 0.3) is 5.56 Å². The molecule has 0 radical (unpaired) electrons. The highest BCUT2D eigenvalue weighted by Gasteiger charge is 2.12. The first-order valence-electron chi connectivity index (χ1n) is 5.71. The second-order valence-corrected chi connectivity index (χ2v) is 5.35. The van der Waals surface area contributed by atoms with Gasteiger partial charge in [-0.3, -0.25) is 9.78 Å². The first kappa shape index (κ1) is 13.0. The number of rotatable bonds is 2. The van der Waals surface area contributed by atoms with Crippen LogP contribution in [0.3, 0.4) is 0 Å². The summed E-state index contributed by atoms with van der Waals surface area (Å²) in [5.41, 5.74) is 2.07. The molecule has 0 saturated heterocycles. The average molecular weight is 308 g/mol. The molecule has 0 spiro atoms. The first-order valence-corrected chi connectivity index (χ1v) is 6.51. The molecule has 1 N–H and O–H groups in total. The fourth-order valence-electron chi connectivity index (χ4n) is 1.91. The van der Waals surface area contributed by atoms with E-state index < -0.39 is 0 Å². The molecule has 2 aromatic heterocycles. The van der Waals surface area contributed by atoms with E-state index in [0.717, 1.165) is 15.7 Å². The molecule has 0 unspecified atom stereocenters. The SMILES string of the molecule is Cc1nc(-c2ccc(Br)cn2)[nH]c(=O)c1C(C)C. The lowest BCUT2D eigenvalue weighted by Gasteiger charge is -2.09. The number of pyridine rings is 1. The number of nitrogens with one attached hydrogen (secondary N) is 1. The Balaban J connectivity index is 2.55. The Bertz CT molecular complexity index is 617. The summed E-state index contributed by atoms with van der Waals surface area (Å²) >= 11 is 3.32. The number of aromatic nitrogens is 3. The van der Waals surface area contributed by atoms with Crippen LogP contribution in [0.1, 0.15) is 31.0 Å². The summed E-state index contributed by atoms with van der Waals surface area (Å²) in [6, 6.07) is 3.69. The molecule has 0 aromatic carbocycles. The molecule has 0 saturated carbocycles. The molecule has 18 heavy (non-hydrogen) atoms. The van der Waals surface area contributed by atoms with Crippen LogP contribution in [-0.2, 0) is 0 Å². The van der Waals surface area contributed by atoms with E-state index in [1.54, 1.807) is 6.20 Å². The van der Waals surface area contributed by atoms with Crippen LogP contribution in [0.2, 0.25) is 0 Å². The standard InChI is InChI=1S/C13H14BrN3O/c1-7(2)11-8(3)16-12(17-13(11)18)10-5-4-9(14)6-15-10/h4-7H,1-3H3,(H,16,17,18). The molecule has 0 bridgehead atoms. The minimum absolute atomic E-state index is 0.0859. The van der Waals surface area contributed by atoms with Crippen molar-refractivity contribution in [2.75, 3.05) is 0 Å². The predicted octanol–water partition coefficient (Wildman–Crippen LogP) is 3.03. The van der Waals surface area contributed by atoms with Gasteiger partial charge in [0.1, 0.15) is 5.69 Å². The van der Waals surface area contributed by atoms with Gasteiger partial charge in [-0.2, -0.15) is 0 Å². The summed E-state index contributed by atoms with van der Waals surface area (Å²) in [5, 5.41) is 0. The van der Waals surface area contributed by atoms with Gasteiger partial charge in [-0.1, -0.05) is 13.8 Å². The summed E-state index contributed by atoms with van der Waals surface area (Å²) in [4.78, 5) is 23.4. The third-order valence-electron chi connectivity index (χ3n) is 2.69. The maximum absolute atomic E-state index is 12.0. The fraction of sp³-hybridized carbons (Fsp3) is 0.308. The summed E-state index contributed by atoms with van der Waals surface area (Å²) in [6.45, 7) is 5.82. The Morgan fingerprint density at radius 1 is 1.33 bits per heavy atom. The minimum atomic E-state index is -0.0859. The van der Waals surface area contributed by atoms with E-state index in [-0.39, 0.29) is 11.5 Å². The molecular formula is C13H14BrN3O. The topological polar surface area (TPSA) is 58.6 Å². The number of H-pyrrole nitrogens is 1. The summed E-state index contributed by atoms with van der Waals surface area (Å²) in [5.74, 6) is 0.669. The van der Waals surface area contributed by atoms with Crippen LogP contribution in [0.4, 0.5) is 0 Å². The Hall–Kier alpha value is -1.49. The summed E-state index contributed by atoms with van der Waals surface area (Å²) in [6.07, 6.45) is 1.68. The summed E-state index contributed by atoms with van der Waals surface area (Å²) < 4.78 is 0.893. The molecule has 0 aliphatic carbocycles. The second-order valence-electron chi connectivity index (χ2n) is 4.43. The zero-order valence-electron chi connectivity index (χ0n) is 10.5. The Kier molecular flexibility index (Phi) is 3.61. The molecule has 0 aliphatic heterocycles. The lowest BCUT2D eigenvalue weighted by Crippen LogP contribution is -2.18. The Morgan fingerprint density at radius 3 is 2.56 bits per heavy atom. The lowest BCUT2D eigenvalue weighted by atomic mass is 10.0. The molecule has 0 amide bonds.